The Morgan fingerprint density at radius 1 is 1.07 bits per heavy atom. The lowest BCUT2D eigenvalue weighted by atomic mass is 10.2. The molecular weight excluding hydrogens is 186 g/mol. The normalized spacial score (nSPS) is 13.8. The summed E-state index contributed by atoms with van der Waals surface area (Å²) in [6.45, 7) is 9.29. The highest BCUT2D eigenvalue weighted by Crippen LogP contribution is 1.97. The molecule has 1 unspecified atom stereocenters. The van der Waals surface area contributed by atoms with Crippen molar-refractivity contribution in [3.63, 3.8) is 0 Å². The van der Waals surface area contributed by atoms with Crippen molar-refractivity contribution in [2.24, 2.45) is 0 Å². The van der Waals surface area contributed by atoms with Gasteiger partial charge in [0.05, 0.1) is 0 Å². The van der Waals surface area contributed by atoms with Crippen LogP contribution in [0.5, 0.6) is 0 Å². The third-order valence-corrected chi connectivity index (χ3v) is 2.77. The molecule has 0 aliphatic carbocycles. The molecule has 0 heterocycles. The molecule has 0 aliphatic heterocycles. The largest absolute Gasteiger partial charge is 0.317 e. The second-order valence-corrected chi connectivity index (χ2v) is 4.62. The van der Waals surface area contributed by atoms with Gasteiger partial charge in [0.15, 0.2) is 0 Å². The number of hydrogen-bond donors (Lipinski definition) is 1. The van der Waals surface area contributed by atoms with Crippen molar-refractivity contribution in [1.82, 2.24) is 15.1 Å². The van der Waals surface area contributed by atoms with E-state index in [0.717, 1.165) is 6.54 Å². The van der Waals surface area contributed by atoms with Crippen molar-refractivity contribution < 1.29 is 0 Å². The Morgan fingerprint density at radius 3 is 2.20 bits per heavy atom. The number of nitrogens with one attached hydrogen (secondary N) is 1. The topological polar surface area (TPSA) is 18.5 Å². The first-order chi connectivity index (χ1) is 7.10. The van der Waals surface area contributed by atoms with Crippen molar-refractivity contribution in [3.8, 4) is 0 Å². The van der Waals surface area contributed by atoms with Gasteiger partial charge in [-0.25, -0.2) is 0 Å². The molecule has 92 valence electrons. The summed E-state index contributed by atoms with van der Waals surface area (Å²) in [6.07, 6.45) is 2.49. The van der Waals surface area contributed by atoms with Gasteiger partial charge in [0.25, 0.3) is 0 Å². The Labute approximate surface area is 95.8 Å². The van der Waals surface area contributed by atoms with Gasteiger partial charge in [-0.2, -0.15) is 0 Å². The third-order valence-electron chi connectivity index (χ3n) is 2.77. The molecule has 3 nitrogen and oxygen atoms in total. The van der Waals surface area contributed by atoms with Crippen LogP contribution in [0.2, 0.25) is 0 Å². The Balaban J connectivity index is 3.72. The van der Waals surface area contributed by atoms with Crippen LogP contribution >= 0.6 is 0 Å². The highest BCUT2D eigenvalue weighted by atomic mass is 15.2. The smallest absolute Gasteiger partial charge is 0.0109 e. The van der Waals surface area contributed by atoms with E-state index in [0.29, 0.717) is 6.04 Å². The fourth-order valence-electron chi connectivity index (χ4n) is 1.51. The molecule has 0 saturated heterocycles. The van der Waals surface area contributed by atoms with Gasteiger partial charge in [-0.3, -0.25) is 0 Å². The lowest BCUT2D eigenvalue weighted by Gasteiger charge is -2.24. The van der Waals surface area contributed by atoms with Gasteiger partial charge in [-0.1, -0.05) is 6.92 Å². The van der Waals surface area contributed by atoms with Gasteiger partial charge in [-0.15, -0.1) is 0 Å². The highest BCUT2D eigenvalue weighted by molar-refractivity contribution is 4.64. The molecule has 0 aliphatic rings. The van der Waals surface area contributed by atoms with Crippen LogP contribution in [-0.2, 0) is 0 Å². The van der Waals surface area contributed by atoms with Crippen LogP contribution in [0.25, 0.3) is 0 Å². The molecule has 0 saturated carbocycles. The van der Waals surface area contributed by atoms with E-state index in [4.69, 9.17) is 0 Å². The van der Waals surface area contributed by atoms with E-state index in [1.165, 1.54) is 32.5 Å². The summed E-state index contributed by atoms with van der Waals surface area (Å²) < 4.78 is 0. The van der Waals surface area contributed by atoms with E-state index >= 15 is 0 Å². The van der Waals surface area contributed by atoms with Crippen molar-refractivity contribution in [2.45, 2.75) is 32.7 Å². The molecule has 1 N–H and O–H groups in total. The zero-order valence-corrected chi connectivity index (χ0v) is 11.2. The van der Waals surface area contributed by atoms with Gasteiger partial charge in [0.1, 0.15) is 0 Å². The van der Waals surface area contributed by atoms with Gasteiger partial charge in [-0.05, 0) is 54.0 Å². The molecule has 0 fully saturated rings. The number of hydrogen-bond acceptors (Lipinski definition) is 3. The van der Waals surface area contributed by atoms with Crippen LogP contribution in [0.3, 0.4) is 0 Å². The first-order valence-corrected chi connectivity index (χ1v) is 6.14. The summed E-state index contributed by atoms with van der Waals surface area (Å²) in [5.41, 5.74) is 0. The lowest BCUT2D eigenvalue weighted by molar-refractivity contribution is 0.232. The van der Waals surface area contributed by atoms with Crippen LogP contribution < -0.4 is 5.32 Å². The van der Waals surface area contributed by atoms with Gasteiger partial charge in [0.2, 0.25) is 0 Å². The number of nitrogens with zero attached hydrogens (tertiary/aromatic N) is 2. The van der Waals surface area contributed by atoms with E-state index in [1.54, 1.807) is 0 Å². The maximum absolute atomic E-state index is 3.29. The average molecular weight is 215 g/mol. The second-order valence-electron chi connectivity index (χ2n) is 4.62. The quantitative estimate of drug-likeness (QED) is 0.625. The van der Waals surface area contributed by atoms with Gasteiger partial charge < -0.3 is 15.1 Å². The van der Waals surface area contributed by atoms with Crippen molar-refractivity contribution in [2.75, 3.05) is 47.3 Å². The minimum atomic E-state index is 0.628. The standard InChI is InChI=1S/C12H29N3/c1-6-8-15(11-10-14(4)5)9-7-12(2)13-3/h12-13H,6-11H2,1-5H3. The fraction of sp³-hybridized carbons (Fsp3) is 1.00. The average Bonchev–Trinajstić information content (AvgIpc) is 2.21. The molecule has 0 rings (SSSR count). The zero-order chi connectivity index (χ0) is 11.7. The second kappa shape index (κ2) is 9.13. The van der Waals surface area contributed by atoms with Crippen molar-refractivity contribution in [3.05, 3.63) is 0 Å². The highest BCUT2D eigenvalue weighted by Gasteiger charge is 2.06. The molecular formula is C12H29N3. The molecule has 0 bridgehead atoms. The Hall–Kier alpha value is -0.120. The number of likely N-dealkylation sites (N-methyl/N-ethyl adjacent to an activating group) is 1. The van der Waals surface area contributed by atoms with Gasteiger partial charge >= 0.3 is 0 Å². The summed E-state index contributed by atoms with van der Waals surface area (Å²) in [5, 5.41) is 3.29. The van der Waals surface area contributed by atoms with E-state index in [9.17, 15) is 0 Å². The monoisotopic (exact) mass is 215 g/mol. The fourth-order valence-corrected chi connectivity index (χ4v) is 1.51. The maximum Gasteiger partial charge on any atom is 0.0109 e. The van der Waals surface area contributed by atoms with Crippen LogP contribution in [-0.4, -0.2) is 63.2 Å². The SMILES string of the molecule is CCCN(CCC(C)NC)CCN(C)C. The predicted molar refractivity (Wildman–Crippen MR) is 68.4 cm³/mol. The minimum Gasteiger partial charge on any atom is -0.317 e. The van der Waals surface area contributed by atoms with E-state index in [-0.39, 0.29) is 0 Å². The van der Waals surface area contributed by atoms with E-state index < -0.39 is 0 Å². The summed E-state index contributed by atoms with van der Waals surface area (Å²) >= 11 is 0. The van der Waals surface area contributed by atoms with Crippen LogP contribution in [0.4, 0.5) is 0 Å². The first-order valence-electron chi connectivity index (χ1n) is 6.14. The van der Waals surface area contributed by atoms with Gasteiger partial charge in [0, 0.05) is 19.1 Å². The van der Waals surface area contributed by atoms with Crippen molar-refractivity contribution >= 4 is 0 Å². The number of rotatable bonds is 9. The minimum absolute atomic E-state index is 0.628. The molecule has 0 radical (unpaired) electrons. The Bertz CT molecular complexity index is 137. The molecule has 1 atom stereocenters. The molecule has 0 aromatic rings. The molecule has 0 aromatic carbocycles. The zero-order valence-electron chi connectivity index (χ0n) is 11.2. The molecule has 3 heteroatoms. The molecule has 15 heavy (non-hydrogen) atoms. The molecule has 0 spiro atoms. The van der Waals surface area contributed by atoms with Crippen LogP contribution in [0.1, 0.15) is 26.7 Å². The van der Waals surface area contributed by atoms with Crippen LogP contribution in [0.15, 0.2) is 0 Å². The predicted octanol–water partition coefficient (Wildman–Crippen LogP) is 1.26. The first kappa shape index (κ1) is 14.9. The Kier molecular flexibility index (Phi) is 9.06. The summed E-state index contributed by atoms with van der Waals surface area (Å²) in [6, 6.07) is 0.628. The summed E-state index contributed by atoms with van der Waals surface area (Å²) in [4.78, 5) is 4.82. The molecule has 0 aromatic heterocycles. The lowest BCUT2D eigenvalue weighted by Crippen LogP contribution is -2.35. The molecule has 0 amide bonds. The third kappa shape index (κ3) is 8.85. The Morgan fingerprint density at radius 2 is 1.73 bits per heavy atom. The maximum atomic E-state index is 3.29. The van der Waals surface area contributed by atoms with E-state index in [2.05, 4.69) is 43.1 Å². The van der Waals surface area contributed by atoms with Crippen LogP contribution in [0, 0.1) is 0 Å². The summed E-state index contributed by atoms with van der Waals surface area (Å²) in [5.74, 6) is 0. The van der Waals surface area contributed by atoms with E-state index in [1.807, 2.05) is 7.05 Å². The summed E-state index contributed by atoms with van der Waals surface area (Å²) in [7, 11) is 6.31. The van der Waals surface area contributed by atoms with Crippen molar-refractivity contribution in [1.29, 1.82) is 0 Å².